The predicted octanol–water partition coefficient (Wildman–Crippen LogP) is 2.86. The van der Waals surface area contributed by atoms with Gasteiger partial charge in [0.2, 0.25) is 0 Å². The zero-order valence-corrected chi connectivity index (χ0v) is 12.1. The van der Waals surface area contributed by atoms with Crippen molar-refractivity contribution in [3.05, 3.63) is 22.8 Å². The van der Waals surface area contributed by atoms with Crippen molar-refractivity contribution >= 4 is 29.0 Å². The highest BCUT2D eigenvalue weighted by atomic mass is 35.5. The molecule has 1 heterocycles. The molecule has 1 aromatic heterocycles. The molecule has 0 atom stereocenters. The van der Waals surface area contributed by atoms with Gasteiger partial charge >= 0.3 is 0 Å². The van der Waals surface area contributed by atoms with E-state index in [1.807, 2.05) is 13.1 Å². The number of nitrogens with zero attached hydrogens (tertiary/aromatic N) is 3. The number of hydrogen-bond acceptors (Lipinski definition) is 3. The molecule has 3 nitrogen and oxygen atoms in total. The lowest BCUT2D eigenvalue weighted by molar-refractivity contribution is 0.401. The van der Waals surface area contributed by atoms with Gasteiger partial charge in [-0.25, -0.2) is 4.98 Å². The minimum absolute atomic E-state index is 0.417. The van der Waals surface area contributed by atoms with E-state index in [1.54, 1.807) is 6.20 Å². The van der Waals surface area contributed by atoms with Crippen LogP contribution in [0.3, 0.4) is 0 Å². The van der Waals surface area contributed by atoms with Gasteiger partial charge < -0.3 is 9.80 Å². The van der Waals surface area contributed by atoms with Crippen molar-refractivity contribution in [1.29, 1.82) is 0 Å². The van der Waals surface area contributed by atoms with Crippen LogP contribution in [0, 0.1) is 0 Å². The zero-order valence-electron chi connectivity index (χ0n) is 10.6. The fourth-order valence-electron chi connectivity index (χ4n) is 1.52. The summed E-state index contributed by atoms with van der Waals surface area (Å²) in [6, 6.07) is 1.95. The van der Waals surface area contributed by atoms with Crippen LogP contribution in [0.25, 0.3) is 0 Å². The van der Waals surface area contributed by atoms with Gasteiger partial charge in [-0.05, 0) is 38.7 Å². The summed E-state index contributed by atoms with van der Waals surface area (Å²) in [7, 11) is 6.18. The molecule has 0 N–H and O–H groups in total. The molecule has 0 unspecified atom stereocenters. The SMILES string of the molecule is CN(C)CCCN(C)c1cc(CCl)c(Cl)cn1. The molecule has 0 bridgehead atoms. The van der Waals surface area contributed by atoms with Crippen LogP contribution in [0.2, 0.25) is 5.02 Å². The van der Waals surface area contributed by atoms with Crippen LogP contribution in [0.15, 0.2) is 12.3 Å². The number of rotatable bonds is 6. The van der Waals surface area contributed by atoms with E-state index in [-0.39, 0.29) is 0 Å². The maximum absolute atomic E-state index is 5.97. The number of pyridine rings is 1. The maximum atomic E-state index is 5.97. The molecule has 0 aromatic carbocycles. The first-order chi connectivity index (χ1) is 8.04. The van der Waals surface area contributed by atoms with Gasteiger partial charge in [-0.2, -0.15) is 0 Å². The average Bonchev–Trinajstić information content (AvgIpc) is 2.29. The molecule has 0 fully saturated rings. The van der Waals surface area contributed by atoms with Crippen LogP contribution < -0.4 is 4.90 Å². The predicted molar refractivity (Wildman–Crippen MR) is 75.2 cm³/mol. The van der Waals surface area contributed by atoms with Gasteiger partial charge in [-0.3, -0.25) is 0 Å². The van der Waals surface area contributed by atoms with E-state index < -0.39 is 0 Å². The summed E-state index contributed by atoms with van der Waals surface area (Å²) in [6.07, 6.45) is 2.76. The van der Waals surface area contributed by atoms with Crippen LogP contribution in [-0.4, -0.2) is 44.1 Å². The molecule has 0 aliphatic rings. The van der Waals surface area contributed by atoms with Gasteiger partial charge in [0.25, 0.3) is 0 Å². The van der Waals surface area contributed by atoms with E-state index in [0.29, 0.717) is 10.9 Å². The summed E-state index contributed by atoms with van der Waals surface area (Å²) in [4.78, 5) is 8.60. The van der Waals surface area contributed by atoms with Crippen LogP contribution in [0.4, 0.5) is 5.82 Å². The molecule has 0 aliphatic heterocycles. The lowest BCUT2D eigenvalue weighted by Gasteiger charge is -2.20. The fraction of sp³-hybridized carbons (Fsp3) is 0.583. The number of anilines is 1. The Kier molecular flexibility index (Phi) is 6.03. The van der Waals surface area contributed by atoms with Gasteiger partial charge in [0.1, 0.15) is 5.82 Å². The second-order valence-electron chi connectivity index (χ2n) is 4.35. The van der Waals surface area contributed by atoms with Gasteiger partial charge in [-0.15, -0.1) is 11.6 Å². The Hall–Kier alpha value is -0.510. The maximum Gasteiger partial charge on any atom is 0.128 e. The van der Waals surface area contributed by atoms with Crippen molar-refractivity contribution in [1.82, 2.24) is 9.88 Å². The second-order valence-corrected chi connectivity index (χ2v) is 5.02. The van der Waals surface area contributed by atoms with Gasteiger partial charge in [-0.1, -0.05) is 11.6 Å². The fourth-order valence-corrected chi connectivity index (χ4v) is 1.98. The molecule has 0 saturated heterocycles. The molecule has 0 aliphatic carbocycles. The van der Waals surface area contributed by atoms with Crippen molar-refractivity contribution in [3.8, 4) is 0 Å². The third-order valence-electron chi connectivity index (χ3n) is 2.55. The average molecular weight is 276 g/mol. The Bertz CT molecular complexity index is 356. The summed E-state index contributed by atoms with van der Waals surface area (Å²) in [5, 5.41) is 0.630. The summed E-state index contributed by atoms with van der Waals surface area (Å²) < 4.78 is 0. The van der Waals surface area contributed by atoms with Crippen LogP contribution in [0.1, 0.15) is 12.0 Å². The quantitative estimate of drug-likeness (QED) is 0.745. The molecule has 0 amide bonds. The normalized spacial score (nSPS) is 10.9. The summed E-state index contributed by atoms with van der Waals surface area (Å²) in [6.45, 7) is 2.04. The minimum atomic E-state index is 0.417. The first kappa shape index (κ1) is 14.6. The van der Waals surface area contributed by atoms with E-state index >= 15 is 0 Å². The number of alkyl halides is 1. The van der Waals surface area contributed by atoms with Crippen LogP contribution >= 0.6 is 23.2 Å². The van der Waals surface area contributed by atoms with E-state index in [4.69, 9.17) is 23.2 Å². The van der Waals surface area contributed by atoms with Crippen molar-refractivity contribution in [2.45, 2.75) is 12.3 Å². The number of halogens is 2. The van der Waals surface area contributed by atoms with Crippen LogP contribution in [0.5, 0.6) is 0 Å². The Balaban J connectivity index is 2.59. The van der Waals surface area contributed by atoms with E-state index in [9.17, 15) is 0 Å². The first-order valence-corrected chi connectivity index (χ1v) is 6.52. The Morgan fingerprint density at radius 3 is 2.53 bits per heavy atom. The van der Waals surface area contributed by atoms with Crippen LogP contribution in [-0.2, 0) is 5.88 Å². The highest BCUT2D eigenvalue weighted by Crippen LogP contribution is 2.21. The summed E-state index contributed by atoms with van der Waals surface area (Å²) >= 11 is 11.8. The van der Waals surface area contributed by atoms with Gasteiger partial charge in [0.05, 0.1) is 5.02 Å². The van der Waals surface area contributed by atoms with E-state index in [2.05, 4.69) is 28.9 Å². The van der Waals surface area contributed by atoms with E-state index in [0.717, 1.165) is 30.9 Å². The monoisotopic (exact) mass is 275 g/mol. The minimum Gasteiger partial charge on any atom is -0.360 e. The Labute approximate surface area is 113 Å². The van der Waals surface area contributed by atoms with Crippen molar-refractivity contribution in [3.63, 3.8) is 0 Å². The molecule has 5 heteroatoms. The molecular weight excluding hydrogens is 257 g/mol. The molecule has 0 spiro atoms. The zero-order chi connectivity index (χ0) is 12.8. The lowest BCUT2D eigenvalue weighted by Crippen LogP contribution is -2.24. The smallest absolute Gasteiger partial charge is 0.128 e. The standard InChI is InChI=1S/C12H19Cl2N3/c1-16(2)5-4-6-17(3)12-7-10(8-13)11(14)9-15-12/h7,9H,4-6,8H2,1-3H3. The molecule has 17 heavy (non-hydrogen) atoms. The number of aromatic nitrogens is 1. The highest BCUT2D eigenvalue weighted by Gasteiger charge is 2.06. The second kappa shape index (κ2) is 7.04. The molecule has 96 valence electrons. The third kappa shape index (κ3) is 4.70. The molecular formula is C12H19Cl2N3. The highest BCUT2D eigenvalue weighted by molar-refractivity contribution is 6.32. The van der Waals surface area contributed by atoms with Crippen molar-refractivity contribution in [2.75, 3.05) is 39.1 Å². The summed E-state index contributed by atoms with van der Waals surface area (Å²) in [5.74, 6) is 1.34. The largest absolute Gasteiger partial charge is 0.360 e. The molecule has 0 radical (unpaired) electrons. The van der Waals surface area contributed by atoms with Gasteiger partial charge in [0, 0.05) is 25.7 Å². The molecule has 1 rings (SSSR count). The summed E-state index contributed by atoms with van der Waals surface area (Å²) in [5.41, 5.74) is 0.929. The topological polar surface area (TPSA) is 19.4 Å². The van der Waals surface area contributed by atoms with E-state index in [1.165, 1.54) is 0 Å². The molecule has 0 saturated carbocycles. The molecule has 1 aromatic rings. The van der Waals surface area contributed by atoms with Crippen molar-refractivity contribution < 1.29 is 0 Å². The third-order valence-corrected chi connectivity index (χ3v) is 3.18. The number of hydrogen-bond donors (Lipinski definition) is 0. The lowest BCUT2D eigenvalue weighted by atomic mass is 10.3. The first-order valence-electron chi connectivity index (χ1n) is 5.61. The Morgan fingerprint density at radius 1 is 1.24 bits per heavy atom. The van der Waals surface area contributed by atoms with Gasteiger partial charge in [0.15, 0.2) is 0 Å². The van der Waals surface area contributed by atoms with Crippen molar-refractivity contribution in [2.24, 2.45) is 0 Å². The Morgan fingerprint density at radius 2 is 1.94 bits per heavy atom.